The molecule has 126 valence electrons. The van der Waals surface area contributed by atoms with Crippen LogP contribution in [0.2, 0.25) is 5.02 Å². The Labute approximate surface area is 148 Å². The zero-order valence-corrected chi connectivity index (χ0v) is 15.1. The van der Waals surface area contributed by atoms with Crippen LogP contribution in [0, 0.1) is 11.8 Å². The molecule has 0 aromatic heterocycles. The summed E-state index contributed by atoms with van der Waals surface area (Å²) in [5.74, 6) is 1.09. The molecule has 1 saturated carbocycles. The van der Waals surface area contributed by atoms with Gasteiger partial charge in [0, 0.05) is 11.1 Å². The Hall–Kier alpha value is -1.33. The molecule has 2 rings (SSSR count). The molecule has 0 radical (unpaired) electrons. The lowest BCUT2D eigenvalue weighted by Gasteiger charge is -2.35. The highest BCUT2D eigenvalue weighted by Gasteiger charge is 2.27. The van der Waals surface area contributed by atoms with E-state index in [1.54, 1.807) is 6.07 Å². The van der Waals surface area contributed by atoms with Gasteiger partial charge in [-0.15, -0.1) is 0 Å². The molecule has 0 aliphatic heterocycles. The van der Waals surface area contributed by atoms with Crippen LogP contribution in [0.5, 0.6) is 0 Å². The number of halogens is 1. The van der Waals surface area contributed by atoms with Crippen LogP contribution < -0.4 is 16.2 Å². The molecule has 1 amide bonds. The summed E-state index contributed by atoms with van der Waals surface area (Å²) < 4.78 is 0. The normalized spacial score (nSPS) is 23.9. The predicted molar refractivity (Wildman–Crippen MR) is 98.1 cm³/mol. The van der Waals surface area contributed by atoms with Crippen molar-refractivity contribution >= 4 is 34.8 Å². The second-order valence-corrected chi connectivity index (χ2v) is 7.10. The van der Waals surface area contributed by atoms with Gasteiger partial charge in [-0.05, 0) is 42.1 Å². The molecule has 23 heavy (non-hydrogen) atoms. The summed E-state index contributed by atoms with van der Waals surface area (Å²) in [5, 5.41) is 4.36. The monoisotopic (exact) mass is 353 g/mol. The first-order valence-electron chi connectivity index (χ1n) is 8.06. The van der Waals surface area contributed by atoms with Crippen molar-refractivity contribution in [3.05, 3.63) is 34.9 Å². The van der Waals surface area contributed by atoms with Crippen molar-refractivity contribution in [1.82, 2.24) is 16.2 Å². The maximum Gasteiger partial charge on any atom is 0.242 e. The van der Waals surface area contributed by atoms with Crippen LogP contribution in [0.25, 0.3) is 0 Å². The summed E-state index contributed by atoms with van der Waals surface area (Å²) in [6, 6.07) is 7.67. The van der Waals surface area contributed by atoms with Gasteiger partial charge in [-0.1, -0.05) is 56.5 Å². The van der Waals surface area contributed by atoms with Crippen molar-refractivity contribution in [3.63, 3.8) is 0 Å². The summed E-state index contributed by atoms with van der Waals surface area (Å²) in [6.45, 7) is 4.53. The molecule has 3 atom stereocenters. The Bertz CT molecular complexity index is 567. The molecule has 4 nitrogen and oxygen atoms in total. The van der Waals surface area contributed by atoms with Crippen LogP contribution in [0.1, 0.15) is 38.7 Å². The van der Waals surface area contributed by atoms with Crippen molar-refractivity contribution < 1.29 is 4.79 Å². The van der Waals surface area contributed by atoms with Gasteiger partial charge in [-0.25, -0.2) is 0 Å². The van der Waals surface area contributed by atoms with E-state index in [0.29, 0.717) is 28.0 Å². The van der Waals surface area contributed by atoms with E-state index in [1.807, 2.05) is 18.2 Å². The van der Waals surface area contributed by atoms with Crippen LogP contribution in [0.4, 0.5) is 0 Å². The first-order chi connectivity index (χ1) is 11.0. The Morgan fingerprint density at radius 2 is 2.00 bits per heavy atom. The van der Waals surface area contributed by atoms with Crippen molar-refractivity contribution in [2.24, 2.45) is 11.8 Å². The number of hydrazine groups is 1. The first-order valence-corrected chi connectivity index (χ1v) is 8.84. The Kier molecular flexibility index (Phi) is 6.66. The summed E-state index contributed by atoms with van der Waals surface area (Å²) >= 11 is 11.3. The van der Waals surface area contributed by atoms with Gasteiger partial charge < -0.3 is 5.32 Å². The second kappa shape index (κ2) is 8.50. The lowest BCUT2D eigenvalue weighted by Crippen LogP contribution is -2.52. The number of hydrogen-bond donors (Lipinski definition) is 3. The molecule has 1 aliphatic carbocycles. The molecule has 1 aromatic carbocycles. The SMILES string of the molecule is C[C@@H]1[C@H](C)CCC[C@@H]1NC(=S)NNC(=O)Cc1ccccc1Cl. The Balaban J connectivity index is 1.76. The lowest BCUT2D eigenvalue weighted by atomic mass is 9.78. The van der Waals surface area contributed by atoms with Crippen molar-refractivity contribution in [2.75, 3.05) is 0 Å². The highest BCUT2D eigenvalue weighted by molar-refractivity contribution is 7.80. The number of carbonyl (C=O) groups is 1. The van der Waals surface area contributed by atoms with Gasteiger partial charge in [0.1, 0.15) is 0 Å². The van der Waals surface area contributed by atoms with E-state index in [9.17, 15) is 4.79 Å². The summed E-state index contributed by atoms with van der Waals surface area (Å²) in [7, 11) is 0. The maximum absolute atomic E-state index is 12.0. The summed E-state index contributed by atoms with van der Waals surface area (Å²) in [4.78, 5) is 12.0. The van der Waals surface area contributed by atoms with Gasteiger partial charge in [0.05, 0.1) is 6.42 Å². The van der Waals surface area contributed by atoms with Crippen molar-refractivity contribution in [1.29, 1.82) is 0 Å². The molecule has 1 aromatic rings. The number of amides is 1. The fourth-order valence-corrected chi connectivity index (χ4v) is 3.38. The molecular formula is C17H24ClN3OS. The average Bonchev–Trinajstić information content (AvgIpc) is 2.52. The number of nitrogens with one attached hydrogen (secondary N) is 3. The highest BCUT2D eigenvalue weighted by Crippen LogP contribution is 2.29. The van der Waals surface area contributed by atoms with Crippen LogP contribution >= 0.6 is 23.8 Å². The van der Waals surface area contributed by atoms with E-state index < -0.39 is 0 Å². The fourth-order valence-electron chi connectivity index (χ4n) is 2.98. The number of benzene rings is 1. The molecule has 0 saturated heterocycles. The molecule has 3 N–H and O–H groups in total. The average molecular weight is 354 g/mol. The van der Waals surface area contributed by atoms with Gasteiger partial charge in [0.15, 0.2) is 5.11 Å². The van der Waals surface area contributed by atoms with E-state index in [0.717, 1.165) is 12.0 Å². The third-order valence-corrected chi connectivity index (χ3v) is 5.24. The van der Waals surface area contributed by atoms with Gasteiger partial charge in [-0.2, -0.15) is 0 Å². The number of thiocarbonyl (C=S) groups is 1. The third kappa shape index (κ3) is 5.36. The van der Waals surface area contributed by atoms with Crippen LogP contribution in [0.15, 0.2) is 24.3 Å². The molecule has 0 unspecified atom stereocenters. The predicted octanol–water partition coefficient (Wildman–Crippen LogP) is 3.20. The van der Waals surface area contributed by atoms with Crippen molar-refractivity contribution in [2.45, 2.75) is 45.6 Å². The summed E-state index contributed by atoms with van der Waals surface area (Å²) in [5.41, 5.74) is 6.20. The molecule has 0 bridgehead atoms. The minimum absolute atomic E-state index is 0.174. The first kappa shape index (κ1) is 18.0. The Morgan fingerprint density at radius 3 is 2.74 bits per heavy atom. The standard InChI is InChI=1S/C17H24ClN3OS/c1-11-6-5-9-15(12(11)2)19-17(23)21-20-16(22)10-13-7-3-4-8-14(13)18/h3-4,7-8,11-12,15H,5-6,9-10H2,1-2H3,(H,20,22)(H2,19,21,23)/t11-,12-,15+/m1/s1. The summed E-state index contributed by atoms with van der Waals surface area (Å²) in [6.07, 6.45) is 3.81. The van der Waals surface area contributed by atoms with E-state index >= 15 is 0 Å². The lowest BCUT2D eigenvalue weighted by molar-refractivity contribution is -0.121. The van der Waals surface area contributed by atoms with E-state index in [4.69, 9.17) is 23.8 Å². The van der Waals surface area contributed by atoms with E-state index in [1.165, 1.54) is 12.8 Å². The minimum atomic E-state index is -0.174. The number of carbonyl (C=O) groups excluding carboxylic acids is 1. The highest BCUT2D eigenvalue weighted by atomic mass is 35.5. The van der Waals surface area contributed by atoms with E-state index in [2.05, 4.69) is 30.0 Å². The topological polar surface area (TPSA) is 53.2 Å². The molecule has 0 spiro atoms. The number of rotatable bonds is 3. The molecule has 6 heteroatoms. The fraction of sp³-hybridized carbons (Fsp3) is 0.529. The Morgan fingerprint density at radius 1 is 1.26 bits per heavy atom. The number of hydrogen-bond acceptors (Lipinski definition) is 2. The maximum atomic E-state index is 12.0. The zero-order chi connectivity index (χ0) is 16.8. The quantitative estimate of drug-likeness (QED) is 0.577. The van der Waals surface area contributed by atoms with Gasteiger partial charge in [0.25, 0.3) is 0 Å². The molecule has 0 heterocycles. The van der Waals surface area contributed by atoms with E-state index in [-0.39, 0.29) is 12.3 Å². The smallest absolute Gasteiger partial charge is 0.242 e. The molecule has 1 aliphatic rings. The van der Waals surface area contributed by atoms with Crippen molar-refractivity contribution in [3.8, 4) is 0 Å². The zero-order valence-electron chi connectivity index (χ0n) is 13.6. The van der Waals surface area contributed by atoms with Gasteiger partial charge in [-0.3, -0.25) is 15.6 Å². The largest absolute Gasteiger partial charge is 0.358 e. The van der Waals surface area contributed by atoms with Gasteiger partial charge in [0.2, 0.25) is 5.91 Å². The third-order valence-electron chi connectivity index (χ3n) is 4.65. The second-order valence-electron chi connectivity index (χ2n) is 6.29. The van der Waals surface area contributed by atoms with Crippen LogP contribution in [-0.4, -0.2) is 17.1 Å². The minimum Gasteiger partial charge on any atom is -0.358 e. The van der Waals surface area contributed by atoms with Crippen LogP contribution in [0.3, 0.4) is 0 Å². The molecular weight excluding hydrogens is 330 g/mol. The van der Waals surface area contributed by atoms with Crippen LogP contribution in [-0.2, 0) is 11.2 Å². The van der Waals surface area contributed by atoms with Gasteiger partial charge >= 0.3 is 0 Å². The molecule has 1 fully saturated rings.